The van der Waals surface area contributed by atoms with Crippen molar-refractivity contribution in [3.8, 4) is 0 Å². The number of hydrogen-bond acceptors (Lipinski definition) is 2. The Morgan fingerprint density at radius 2 is 2.12 bits per heavy atom. The third-order valence-corrected chi connectivity index (χ3v) is 3.87. The van der Waals surface area contributed by atoms with Crippen LogP contribution in [0.2, 0.25) is 5.15 Å². The molecule has 0 bridgehead atoms. The van der Waals surface area contributed by atoms with Gasteiger partial charge in [-0.1, -0.05) is 43.7 Å². The lowest BCUT2D eigenvalue weighted by Gasteiger charge is -2.21. The van der Waals surface area contributed by atoms with Crippen LogP contribution in [0, 0.1) is 12.8 Å². The van der Waals surface area contributed by atoms with Crippen molar-refractivity contribution in [3.63, 3.8) is 0 Å². The topological polar surface area (TPSA) is 24.9 Å². The van der Waals surface area contributed by atoms with Gasteiger partial charge in [-0.2, -0.15) is 0 Å². The minimum absolute atomic E-state index is 0.583. The molecule has 1 aliphatic rings. The molecule has 0 atom stereocenters. The summed E-state index contributed by atoms with van der Waals surface area (Å²) < 4.78 is 0. The molecule has 1 N–H and O–H groups in total. The highest BCUT2D eigenvalue weighted by Crippen LogP contribution is 2.26. The molecule has 1 fully saturated rings. The van der Waals surface area contributed by atoms with Crippen molar-refractivity contribution in [1.82, 2.24) is 4.98 Å². The first-order valence-electron chi connectivity index (χ1n) is 6.62. The third kappa shape index (κ3) is 3.88. The second-order valence-corrected chi connectivity index (χ2v) is 5.43. The van der Waals surface area contributed by atoms with Crippen LogP contribution < -0.4 is 5.32 Å². The van der Waals surface area contributed by atoms with E-state index in [1.54, 1.807) is 6.20 Å². The Morgan fingerprint density at radius 1 is 1.35 bits per heavy atom. The smallest absolute Gasteiger partial charge is 0.152 e. The normalized spacial score (nSPS) is 17.1. The van der Waals surface area contributed by atoms with Gasteiger partial charge in [0.1, 0.15) is 0 Å². The van der Waals surface area contributed by atoms with Gasteiger partial charge in [0.05, 0.1) is 5.69 Å². The van der Waals surface area contributed by atoms with Crippen LogP contribution in [-0.4, -0.2) is 11.5 Å². The molecule has 0 unspecified atom stereocenters. The highest BCUT2D eigenvalue weighted by Gasteiger charge is 2.12. The molecule has 1 aromatic heterocycles. The number of nitrogens with one attached hydrogen (secondary N) is 1. The molecule has 17 heavy (non-hydrogen) atoms. The van der Waals surface area contributed by atoms with Crippen LogP contribution in [-0.2, 0) is 0 Å². The van der Waals surface area contributed by atoms with E-state index in [2.05, 4.69) is 16.4 Å². The molecule has 0 saturated heterocycles. The number of pyridine rings is 1. The maximum absolute atomic E-state index is 6.04. The van der Waals surface area contributed by atoms with Crippen molar-refractivity contribution in [2.24, 2.45) is 5.92 Å². The van der Waals surface area contributed by atoms with Gasteiger partial charge in [-0.05, 0) is 30.9 Å². The summed E-state index contributed by atoms with van der Waals surface area (Å²) in [6.07, 6.45) is 10.1. The van der Waals surface area contributed by atoms with E-state index in [9.17, 15) is 0 Å². The van der Waals surface area contributed by atoms with Gasteiger partial charge in [0.15, 0.2) is 5.15 Å². The van der Waals surface area contributed by atoms with Gasteiger partial charge in [-0.25, -0.2) is 4.98 Å². The minimum atomic E-state index is 0.583. The lowest BCUT2D eigenvalue weighted by atomic mass is 9.87. The number of aromatic nitrogens is 1. The van der Waals surface area contributed by atoms with Crippen LogP contribution in [0.25, 0.3) is 0 Å². The van der Waals surface area contributed by atoms with Crippen molar-refractivity contribution in [2.45, 2.75) is 45.4 Å². The summed E-state index contributed by atoms with van der Waals surface area (Å²) in [4.78, 5) is 4.15. The average Bonchev–Trinajstić information content (AvgIpc) is 2.35. The Morgan fingerprint density at radius 3 is 2.88 bits per heavy atom. The first-order chi connectivity index (χ1) is 8.25. The second kappa shape index (κ2) is 6.25. The fraction of sp³-hybridized carbons (Fsp3) is 0.643. The summed E-state index contributed by atoms with van der Waals surface area (Å²) in [5, 5.41) is 3.99. The number of rotatable bonds is 4. The summed E-state index contributed by atoms with van der Waals surface area (Å²) in [5.41, 5.74) is 2.12. The van der Waals surface area contributed by atoms with Crippen molar-refractivity contribution in [3.05, 3.63) is 23.0 Å². The maximum Gasteiger partial charge on any atom is 0.152 e. The zero-order chi connectivity index (χ0) is 12.1. The first kappa shape index (κ1) is 12.7. The number of aryl methyl sites for hydroxylation is 1. The molecule has 1 aromatic rings. The van der Waals surface area contributed by atoms with Crippen LogP contribution in [0.15, 0.2) is 12.3 Å². The fourth-order valence-corrected chi connectivity index (χ4v) is 2.73. The SMILES string of the molecule is Cc1cnc(Cl)c(NCCC2CCCCC2)c1. The molecule has 1 aliphatic carbocycles. The van der Waals surface area contributed by atoms with E-state index < -0.39 is 0 Å². The van der Waals surface area contributed by atoms with E-state index in [0.717, 1.165) is 23.7 Å². The monoisotopic (exact) mass is 252 g/mol. The van der Waals surface area contributed by atoms with Crippen LogP contribution >= 0.6 is 11.6 Å². The molecular weight excluding hydrogens is 232 g/mol. The summed E-state index contributed by atoms with van der Waals surface area (Å²) in [6, 6.07) is 2.07. The second-order valence-electron chi connectivity index (χ2n) is 5.07. The van der Waals surface area contributed by atoms with Gasteiger partial charge in [0, 0.05) is 12.7 Å². The highest BCUT2D eigenvalue weighted by atomic mass is 35.5. The maximum atomic E-state index is 6.04. The molecular formula is C14H21ClN2. The fourth-order valence-electron chi connectivity index (χ4n) is 2.56. The summed E-state index contributed by atoms with van der Waals surface area (Å²) in [7, 11) is 0. The summed E-state index contributed by atoms with van der Waals surface area (Å²) in [5.74, 6) is 0.910. The predicted octanol–water partition coefficient (Wildman–Crippen LogP) is 4.43. The number of hydrogen-bond donors (Lipinski definition) is 1. The average molecular weight is 253 g/mol. The predicted molar refractivity (Wildman–Crippen MR) is 73.7 cm³/mol. The summed E-state index contributed by atoms with van der Waals surface area (Å²) in [6.45, 7) is 3.05. The number of anilines is 1. The summed E-state index contributed by atoms with van der Waals surface area (Å²) >= 11 is 6.04. The molecule has 0 aliphatic heterocycles. The van der Waals surface area contributed by atoms with Crippen LogP contribution in [0.3, 0.4) is 0 Å². The lowest BCUT2D eigenvalue weighted by Crippen LogP contribution is -2.12. The zero-order valence-electron chi connectivity index (χ0n) is 10.5. The Balaban J connectivity index is 1.79. The van der Waals surface area contributed by atoms with E-state index in [-0.39, 0.29) is 0 Å². The standard InChI is InChI=1S/C14H21ClN2/c1-11-9-13(14(15)17-10-11)16-8-7-12-5-3-2-4-6-12/h9-10,12,16H,2-8H2,1H3. The van der Waals surface area contributed by atoms with E-state index >= 15 is 0 Å². The molecule has 0 aromatic carbocycles. The van der Waals surface area contributed by atoms with Crippen LogP contribution in [0.1, 0.15) is 44.1 Å². The highest BCUT2D eigenvalue weighted by molar-refractivity contribution is 6.31. The van der Waals surface area contributed by atoms with Gasteiger partial charge in [0.2, 0.25) is 0 Å². The van der Waals surface area contributed by atoms with Gasteiger partial charge < -0.3 is 5.32 Å². The van der Waals surface area contributed by atoms with Gasteiger partial charge in [-0.15, -0.1) is 0 Å². The third-order valence-electron chi connectivity index (χ3n) is 3.57. The molecule has 0 radical (unpaired) electrons. The zero-order valence-corrected chi connectivity index (χ0v) is 11.3. The Hall–Kier alpha value is -0.760. The van der Waals surface area contributed by atoms with Crippen molar-refractivity contribution in [1.29, 1.82) is 0 Å². The first-order valence-corrected chi connectivity index (χ1v) is 6.99. The number of nitrogens with zero attached hydrogens (tertiary/aromatic N) is 1. The van der Waals surface area contributed by atoms with E-state index in [1.165, 1.54) is 38.5 Å². The van der Waals surface area contributed by atoms with Crippen LogP contribution in [0.5, 0.6) is 0 Å². The quantitative estimate of drug-likeness (QED) is 0.802. The van der Waals surface area contributed by atoms with E-state index in [4.69, 9.17) is 11.6 Å². The van der Waals surface area contributed by atoms with Gasteiger partial charge in [0.25, 0.3) is 0 Å². The number of halogens is 1. The Labute approximate surface area is 109 Å². The minimum Gasteiger partial charge on any atom is -0.383 e. The van der Waals surface area contributed by atoms with Crippen molar-refractivity contribution in [2.75, 3.05) is 11.9 Å². The Kier molecular flexibility index (Phi) is 4.66. The lowest BCUT2D eigenvalue weighted by molar-refractivity contribution is 0.345. The molecule has 0 amide bonds. The van der Waals surface area contributed by atoms with E-state index in [1.807, 2.05) is 6.92 Å². The van der Waals surface area contributed by atoms with Crippen LogP contribution in [0.4, 0.5) is 5.69 Å². The van der Waals surface area contributed by atoms with Gasteiger partial charge in [-0.3, -0.25) is 0 Å². The van der Waals surface area contributed by atoms with E-state index in [0.29, 0.717) is 5.15 Å². The molecule has 1 heterocycles. The Bertz CT molecular complexity index is 359. The molecule has 1 saturated carbocycles. The van der Waals surface area contributed by atoms with Crippen molar-refractivity contribution >= 4 is 17.3 Å². The molecule has 2 nitrogen and oxygen atoms in total. The molecule has 0 spiro atoms. The molecule has 3 heteroatoms. The molecule has 94 valence electrons. The van der Waals surface area contributed by atoms with Gasteiger partial charge >= 0.3 is 0 Å². The largest absolute Gasteiger partial charge is 0.383 e. The molecule has 2 rings (SSSR count). The van der Waals surface area contributed by atoms with Crippen molar-refractivity contribution < 1.29 is 0 Å².